The molecule has 0 spiro atoms. The second-order valence-electron chi connectivity index (χ2n) is 3.38. The third-order valence-electron chi connectivity index (χ3n) is 2.15. The number of rotatable bonds is 3. The van der Waals surface area contributed by atoms with Crippen molar-refractivity contribution in [1.29, 1.82) is 0 Å². The van der Waals surface area contributed by atoms with Gasteiger partial charge in [0, 0.05) is 11.1 Å². The van der Waals surface area contributed by atoms with Crippen LogP contribution in [0.3, 0.4) is 0 Å². The number of hydrogen-bond acceptors (Lipinski definition) is 5. The highest BCUT2D eigenvalue weighted by Gasteiger charge is 2.09. The van der Waals surface area contributed by atoms with Gasteiger partial charge in [0.15, 0.2) is 5.13 Å². The average molecular weight is 249 g/mol. The van der Waals surface area contributed by atoms with Crippen LogP contribution in [0.25, 0.3) is 0 Å². The summed E-state index contributed by atoms with van der Waals surface area (Å²) in [5.74, 6) is -0.297. The maximum Gasteiger partial charge on any atom is 0.275 e. The topological polar surface area (TPSA) is 88.2 Å². The van der Waals surface area contributed by atoms with Crippen molar-refractivity contribution in [3.8, 4) is 0 Å². The first-order chi connectivity index (χ1) is 8.19. The van der Waals surface area contributed by atoms with Gasteiger partial charge in [0.25, 0.3) is 5.91 Å². The van der Waals surface area contributed by atoms with E-state index in [0.29, 0.717) is 16.5 Å². The molecule has 0 atom stereocenters. The number of aromatic nitrogens is 1. The maximum absolute atomic E-state index is 11.7. The van der Waals surface area contributed by atoms with Crippen LogP contribution in [0.1, 0.15) is 16.1 Å². The molecule has 5 nitrogen and oxygen atoms in total. The van der Waals surface area contributed by atoms with Crippen LogP contribution in [0.15, 0.2) is 29.6 Å². The van der Waals surface area contributed by atoms with Crippen LogP contribution in [0.5, 0.6) is 0 Å². The Labute approximate surface area is 102 Å². The fourth-order valence-electron chi connectivity index (χ4n) is 1.28. The molecule has 0 unspecified atom stereocenters. The summed E-state index contributed by atoms with van der Waals surface area (Å²) in [4.78, 5) is 15.6. The highest BCUT2D eigenvalue weighted by Crippen LogP contribution is 2.14. The van der Waals surface area contributed by atoms with Gasteiger partial charge in [0.05, 0.1) is 6.61 Å². The van der Waals surface area contributed by atoms with Gasteiger partial charge in [-0.1, -0.05) is 12.1 Å². The second kappa shape index (κ2) is 4.94. The van der Waals surface area contributed by atoms with E-state index < -0.39 is 0 Å². The first-order valence-corrected chi connectivity index (χ1v) is 5.79. The molecule has 0 fully saturated rings. The maximum atomic E-state index is 11.7. The first kappa shape index (κ1) is 11.6. The molecular formula is C11H11N3O2S. The van der Waals surface area contributed by atoms with E-state index in [2.05, 4.69) is 10.3 Å². The van der Waals surface area contributed by atoms with Crippen LogP contribution in [-0.4, -0.2) is 16.0 Å². The molecule has 0 bridgehead atoms. The number of nitrogens with two attached hydrogens (primary N) is 1. The van der Waals surface area contributed by atoms with E-state index in [9.17, 15) is 4.79 Å². The van der Waals surface area contributed by atoms with Crippen molar-refractivity contribution in [2.24, 2.45) is 0 Å². The van der Waals surface area contributed by atoms with Crippen molar-refractivity contribution in [3.05, 3.63) is 40.9 Å². The van der Waals surface area contributed by atoms with E-state index in [-0.39, 0.29) is 12.5 Å². The SMILES string of the molecule is Nc1nc(C(=O)Nc2ccc(CO)cc2)cs1. The Balaban J connectivity index is 2.07. The Morgan fingerprint density at radius 1 is 1.41 bits per heavy atom. The number of aliphatic hydroxyl groups is 1. The van der Waals surface area contributed by atoms with Crippen molar-refractivity contribution in [2.45, 2.75) is 6.61 Å². The molecule has 4 N–H and O–H groups in total. The largest absolute Gasteiger partial charge is 0.392 e. The van der Waals surface area contributed by atoms with Crippen LogP contribution in [0, 0.1) is 0 Å². The first-order valence-electron chi connectivity index (χ1n) is 4.91. The highest BCUT2D eigenvalue weighted by atomic mass is 32.1. The molecule has 6 heteroatoms. The molecule has 2 rings (SSSR count). The summed E-state index contributed by atoms with van der Waals surface area (Å²) in [5.41, 5.74) is 7.20. The Morgan fingerprint density at radius 3 is 2.65 bits per heavy atom. The van der Waals surface area contributed by atoms with Crippen molar-refractivity contribution in [1.82, 2.24) is 4.98 Å². The van der Waals surface area contributed by atoms with Gasteiger partial charge in [-0.05, 0) is 17.7 Å². The minimum atomic E-state index is -0.297. The van der Waals surface area contributed by atoms with E-state index in [1.807, 2.05) is 0 Å². The molecule has 1 heterocycles. The lowest BCUT2D eigenvalue weighted by Gasteiger charge is -2.03. The van der Waals surface area contributed by atoms with Crippen LogP contribution in [0.4, 0.5) is 10.8 Å². The number of anilines is 2. The molecule has 1 aromatic carbocycles. The number of thiazole rings is 1. The Hall–Kier alpha value is -1.92. The molecule has 1 amide bonds. The highest BCUT2D eigenvalue weighted by molar-refractivity contribution is 7.13. The number of amides is 1. The molecule has 0 aliphatic heterocycles. The number of nitrogen functional groups attached to an aromatic ring is 1. The third-order valence-corrected chi connectivity index (χ3v) is 2.82. The number of benzene rings is 1. The molecule has 17 heavy (non-hydrogen) atoms. The van der Waals surface area contributed by atoms with Gasteiger partial charge >= 0.3 is 0 Å². The fraction of sp³-hybridized carbons (Fsp3) is 0.0909. The number of carbonyl (C=O) groups is 1. The summed E-state index contributed by atoms with van der Waals surface area (Å²) in [6.07, 6.45) is 0. The Morgan fingerprint density at radius 2 is 2.12 bits per heavy atom. The monoisotopic (exact) mass is 249 g/mol. The lowest BCUT2D eigenvalue weighted by atomic mass is 10.2. The standard InChI is InChI=1S/C11H11N3O2S/c12-11-14-9(6-17-11)10(16)13-8-3-1-7(5-15)2-4-8/h1-4,6,15H,5H2,(H2,12,14)(H,13,16). The normalized spacial score (nSPS) is 10.2. The third kappa shape index (κ3) is 2.80. The predicted molar refractivity (Wildman–Crippen MR) is 66.8 cm³/mol. The molecule has 88 valence electrons. The van der Waals surface area contributed by atoms with E-state index in [4.69, 9.17) is 10.8 Å². The minimum Gasteiger partial charge on any atom is -0.392 e. The summed E-state index contributed by atoms with van der Waals surface area (Å²) >= 11 is 1.22. The van der Waals surface area contributed by atoms with Crippen molar-refractivity contribution in [3.63, 3.8) is 0 Å². The van der Waals surface area contributed by atoms with Gasteiger partial charge in [-0.25, -0.2) is 4.98 Å². The molecule has 0 aliphatic carbocycles. The number of hydrogen-bond donors (Lipinski definition) is 3. The molecular weight excluding hydrogens is 238 g/mol. The van der Waals surface area contributed by atoms with Gasteiger partial charge in [-0.2, -0.15) is 0 Å². The summed E-state index contributed by atoms with van der Waals surface area (Å²) in [6.45, 7) is -0.0170. The summed E-state index contributed by atoms with van der Waals surface area (Å²) in [7, 11) is 0. The average Bonchev–Trinajstić information content (AvgIpc) is 2.77. The number of carbonyl (C=O) groups excluding carboxylic acids is 1. The number of nitrogens with zero attached hydrogens (tertiary/aromatic N) is 1. The number of nitrogens with one attached hydrogen (secondary N) is 1. The molecule has 0 radical (unpaired) electrons. The van der Waals surface area contributed by atoms with Crippen LogP contribution in [0.2, 0.25) is 0 Å². The lowest BCUT2D eigenvalue weighted by Crippen LogP contribution is -2.12. The van der Waals surface area contributed by atoms with Crippen molar-refractivity contribution in [2.75, 3.05) is 11.1 Å². The smallest absolute Gasteiger partial charge is 0.275 e. The molecule has 0 aliphatic rings. The molecule has 2 aromatic rings. The van der Waals surface area contributed by atoms with Gasteiger partial charge < -0.3 is 16.2 Å². The minimum absolute atomic E-state index is 0.0170. The van der Waals surface area contributed by atoms with Gasteiger partial charge in [-0.3, -0.25) is 4.79 Å². The fourth-order valence-corrected chi connectivity index (χ4v) is 1.82. The summed E-state index contributed by atoms with van der Waals surface area (Å²) < 4.78 is 0. The summed E-state index contributed by atoms with van der Waals surface area (Å²) in [5, 5.41) is 13.5. The van der Waals surface area contributed by atoms with Crippen LogP contribution < -0.4 is 11.1 Å². The van der Waals surface area contributed by atoms with Gasteiger partial charge in [0.2, 0.25) is 0 Å². The zero-order valence-electron chi connectivity index (χ0n) is 8.88. The quantitative estimate of drug-likeness (QED) is 0.768. The van der Waals surface area contributed by atoms with E-state index in [1.54, 1.807) is 29.6 Å². The van der Waals surface area contributed by atoms with Crippen LogP contribution >= 0.6 is 11.3 Å². The van der Waals surface area contributed by atoms with E-state index in [0.717, 1.165) is 5.56 Å². The number of aliphatic hydroxyl groups excluding tert-OH is 1. The van der Waals surface area contributed by atoms with E-state index in [1.165, 1.54) is 11.3 Å². The second-order valence-corrected chi connectivity index (χ2v) is 4.27. The Kier molecular flexibility index (Phi) is 3.36. The van der Waals surface area contributed by atoms with Crippen molar-refractivity contribution >= 4 is 28.1 Å². The van der Waals surface area contributed by atoms with Crippen molar-refractivity contribution < 1.29 is 9.90 Å². The molecule has 0 saturated carbocycles. The van der Waals surface area contributed by atoms with Crippen LogP contribution in [-0.2, 0) is 6.61 Å². The summed E-state index contributed by atoms with van der Waals surface area (Å²) in [6, 6.07) is 6.93. The molecule has 1 aromatic heterocycles. The van der Waals surface area contributed by atoms with Gasteiger partial charge in [0.1, 0.15) is 5.69 Å². The van der Waals surface area contributed by atoms with E-state index >= 15 is 0 Å². The molecule has 0 saturated heterocycles. The zero-order valence-corrected chi connectivity index (χ0v) is 9.70. The predicted octanol–water partition coefficient (Wildman–Crippen LogP) is 1.47. The zero-order chi connectivity index (χ0) is 12.3. The lowest BCUT2D eigenvalue weighted by molar-refractivity contribution is 0.102. The Bertz CT molecular complexity index is 522. The van der Waals surface area contributed by atoms with Gasteiger partial charge in [-0.15, -0.1) is 11.3 Å².